The molecule has 3 nitrogen and oxygen atoms in total. The maximum Gasteiger partial charge on any atom is 0.132 e. The van der Waals surface area contributed by atoms with Crippen molar-refractivity contribution in [3.05, 3.63) is 28.0 Å². The molecule has 0 fully saturated rings. The van der Waals surface area contributed by atoms with Crippen LogP contribution < -0.4 is 9.46 Å². The van der Waals surface area contributed by atoms with Crippen LogP contribution >= 0.6 is 15.9 Å². The summed E-state index contributed by atoms with van der Waals surface area (Å²) >= 11 is 3.22. The van der Waals surface area contributed by atoms with Crippen molar-refractivity contribution in [3.8, 4) is 5.75 Å². The number of ether oxygens (including phenoxy) is 1. The van der Waals surface area contributed by atoms with Crippen LogP contribution in [0.4, 0.5) is 4.39 Å². The molecular formula is C13H19BrFNO2S. The van der Waals surface area contributed by atoms with Crippen molar-refractivity contribution < 1.29 is 13.3 Å². The second-order valence-corrected chi connectivity index (χ2v) is 8.14. The highest BCUT2D eigenvalue weighted by atomic mass is 79.9. The first-order chi connectivity index (χ1) is 8.66. The van der Waals surface area contributed by atoms with Gasteiger partial charge in [0.2, 0.25) is 0 Å². The minimum Gasteiger partial charge on any atom is -0.496 e. The Morgan fingerprint density at radius 2 is 2.00 bits per heavy atom. The molecule has 1 aromatic rings. The molecule has 0 spiro atoms. The van der Waals surface area contributed by atoms with Gasteiger partial charge in [-0.25, -0.2) is 13.3 Å². The SMILES string of the molecule is COc1cc(Br)cc(F)c1[C@H](C)NS(=O)C(C)(C)C. The molecule has 0 radical (unpaired) electrons. The van der Waals surface area contributed by atoms with Gasteiger partial charge in [-0.05, 0) is 39.8 Å². The molecule has 1 rings (SSSR count). The summed E-state index contributed by atoms with van der Waals surface area (Å²) < 4.78 is 34.4. The zero-order valence-electron chi connectivity index (χ0n) is 11.7. The normalized spacial score (nSPS) is 15.1. The van der Waals surface area contributed by atoms with E-state index in [1.807, 2.05) is 20.8 Å². The summed E-state index contributed by atoms with van der Waals surface area (Å²) in [6.07, 6.45) is 0. The second-order valence-electron chi connectivity index (χ2n) is 5.22. The van der Waals surface area contributed by atoms with Gasteiger partial charge < -0.3 is 4.74 Å². The molecule has 0 bridgehead atoms. The Hall–Kier alpha value is -0.460. The Labute approximate surface area is 124 Å². The molecule has 19 heavy (non-hydrogen) atoms. The third-order valence-corrected chi connectivity index (χ3v) is 4.69. The van der Waals surface area contributed by atoms with Gasteiger partial charge in [0.05, 0.1) is 22.8 Å². The lowest BCUT2D eigenvalue weighted by molar-refractivity contribution is 0.398. The largest absolute Gasteiger partial charge is 0.496 e. The molecule has 108 valence electrons. The molecule has 1 unspecified atom stereocenters. The van der Waals surface area contributed by atoms with Crippen molar-refractivity contribution in [2.24, 2.45) is 0 Å². The molecule has 0 saturated carbocycles. The van der Waals surface area contributed by atoms with Crippen LogP contribution in [-0.2, 0) is 11.0 Å². The topological polar surface area (TPSA) is 38.3 Å². The standard InChI is InChI=1S/C13H19BrFNO2S/c1-8(16-19(17)13(2,3)4)12-10(15)6-9(14)7-11(12)18-5/h6-8,16H,1-5H3/t8-,19?/m0/s1. The van der Waals surface area contributed by atoms with Crippen molar-refractivity contribution in [2.45, 2.75) is 38.5 Å². The van der Waals surface area contributed by atoms with E-state index in [-0.39, 0.29) is 0 Å². The quantitative estimate of drug-likeness (QED) is 0.897. The smallest absolute Gasteiger partial charge is 0.132 e. The molecule has 1 N–H and O–H groups in total. The predicted octanol–water partition coefficient (Wildman–Crippen LogP) is 3.71. The summed E-state index contributed by atoms with van der Waals surface area (Å²) in [6.45, 7) is 7.34. The first-order valence-electron chi connectivity index (χ1n) is 5.87. The number of rotatable bonds is 4. The Balaban J connectivity index is 3.06. The number of nitrogens with one attached hydrogen (secondary N) is 1. The van der Waals surface area contributed by atoms with Crippen LogP contribution in [0.2, 0.25) is 0 Å². The van der Waals surface area contributed by atoms with E-state index in [1.54, 1.807) is 13.0 Å². The van der Waals surface area contributed by atoms with Gasteiger partial charge in [0.15, 0.2) is 0 Å². The summed E-state index contributed by atoms with van der Waals surface area (Å²) in [6, 6.07) is 2.65. The number of methoxy groups -OCH3 is 1. The van der Waals surface area contributed by atoms with Gasteiger partial charge in [-0.3, -0.25) is 0 Å². The average molecular weight is 352 g/mol. The van der Waals surface area contributed by atoms with Crippen LogP contribution in [0, 0.1) is 5.82 Å². The molecule has 0 heterocycles. The van der Waals surface area contributed by atoms with Gasteiger partial charge in [-0.1, -0.05) is 15.9 Å². The fourth-order valence-electron chi connectivity index (χ4n) is 1.55. The Morgan fingerprint density at radius 3 is 2.47 bits per heavy atom. The van der Waals surface area contributed by atoms with E-state index >= 15 is 0 Å². The van der Waals surface area contributed by atoms with Crippen LogP contribution in [0.15, 0.2) is 16.6 Å². The summed E-state index contributed by atoms with van der Waals surface area (Å²) in [4.78, 5) is 0. The number of benzene rings is 1. The van der Waals surface area contributed by atoms with Crippen molar-refractivity contribution in [3.63, 3.8) is 0 Å². The Kier molecular flexibility index (Phi) is 5.53. The lowest BCUT2D eigenvalue weighted by Crippen LogP contribution is -2.35. The van der Waals surface area contributed by atoms with E-state index in [4.69, 9.17) is 4.74 Å². The van der Waals surface area contributed by atoms with Crippen molar-refractivity contribution in [1.29, 1.82) is 0 Å². The van der Waals surface area contributed by atoms with Crippen LogP contribution in [0.5, 0.6) is 5.75 Å². The van der Waals surface area contributed by atoms with Crippen molar-refractivity contribution in [1.82, 2.24) is 4.72 Å². The monoisotopic (exact) mass is 351 g/mol. The first-order valence-corrected chi connectivity index (χ1v) is 7.82. The van der Waals surface area contributed by atoms with Crippen LogP contribution in [0.25, 0.3) is 0 Å². The summed E-state index contributed by atoms with van der Waals surface area (Å²) in [7, 11) is 0.209. The Bertz CT molecular complexity index is 488. The molecule has 0 amide bonds. The summed E-state index contributed by atoms with van der Waals surface area (Å²) in [5.41, 5.74) is 0.378. The van der Waals surface area contributed by atoms with Gasteiger partial charge in [0, 0.05) is 16.1 Å². The molecule has 6 heteroatoms. The molecule has 0 aromatic heterocycles. The fraction of sp³-hybridized carbons (Fsp3) is 0.538. The van der Waals surface area contributed by atoms with Gasteiger partial charge in [0.25, 0.3) is 0 Å². The highest BCUT2D eigenvalue weighted by molar-refractivity contribution is 9.10. The molecule has 2 atom stereocenters. The minimum atomic E-state index is -1.28. The lowest BCUT2D eigenvalue weighted by atomic mass is 10.1. The molecule has 1 aromatic carbocycles. The molecular weight excluding hydrogens is 333 g/mol. The summed E-state index contributed by atoms with van der Waals surface area (Å²) in [5.74, 6) is 0.0370. The number of hydrogen-bond acceptors (Lipinski definition) is 2. The zero-order valence-corrected chi connectivity index (χ0v) is 14.1. The van der Waals surface area contributed by atoms with E-state index in [2.05, 4.69) is 20.7 Å². The number of hydrogen-bond donors (Lipinski definition) is 1. The van der Waals surface area contributed by atoms with Gasteiger partial charge in [-0.15, -0.1) is 0 Å². The molecule has 0 saturated heterocycles. The third kappa shape index (κ3) is 4.26. The Morgan fingerprint density at radius 1 is 1.42 bits per heavy atom. The van der Waals surface area contributed by atoms with Crippen LogP contribution in [0.1, 0.15) is 39.3 Å². The van der Waals surface area contributed by atoms with Gasteiger partial charge in [-0.2, -0.15) is 0 Å². The average Bonchev–Trinajstić information content (AvgIpc) is 2.25. The van der Waals surface area contributed by atoms with E-state index in [0.717, 1.165) is 0 Å². The summed E-state index contributed by atoms with van der Waals surface area (Å²) in [5, 5.41) is 0. The molecule has 0 aliphatic heterocycles. The highest BCUT2D eigenvalue weighted by Crippen LogP contribution is 2.32. The highest BCUT2D eigenvalue weighted by Gasteiger charge is 2.25. The lowest BCUT2D eigenvalue weighted by Gasteiger charge is -2.23. The first kappa shape index (κ1) is 16.6. The van der Waals surface area contributed by atoms with Crippen LogP contribution in [-0.4, -0.2) is 16.1 Å². The van der Waals surface area contributed by atoms with Gasteiger partial charge >= 0.3 is 0 Å². The van der Waals surface area contributed by atoms with Gasteiger partial charge in [0.1, 0.15) is 11.6 Å². The zero-order chi connectivity index (χ0) is 14.8. The van der Waals surface area contributed by atoms with E-state index in [1.165, 1.54) is 13.2 Å². The third-order valence-electron chi connectivity index (χ3n) is 2.55. The maximum atomic E-state index is 14.0. The van der Waals surface area contributed by atoms with Crippen LogP contribution in [0.3, 0.4) is 0 Å². The number of halogens is 2. The predicted molar refractivity (Wildman–Crippen MR) is 80.1 cm³/mol. The maximum absolute atomic E-state index is 14.0. The minimum absolute atomic E-state index is 0.378. The second kappa shape index (κ2) is 6.33. The van der Waals surface area contributed by atoms with Crippen molar-refractivity contribution >= 4 is 26.9 Å². The van der Waals surface area contributed by atoms with E-state index < -0.39 is 27.6 Å². The van der Waals surface area contributed by atoms with E-state index in [0.29, 0.717) is 15.8 Å². The fourth-order valence-corrected chi connectivity index (χ4v) is 2.75. The molecule has 0 aliphatic rings. The van der Waals surface area contributed by atoms with E-state index in [9.17, 15) is 8.60 Å². The molecule has 0 aliphatic carbocycles. The van der Waals surface area contributed by atoms with Crippen molar-refractivity contribution in [2.75, 3.05) is 7.11 Å².